The van der Waals surface area contributed by atoms with Crippen molar-refractivity contribution in [2.75, 3.05) is 20.3 Å². The predicted octanol–water partition coefficient (Wildman–Crippen LogP) is 1.30. The molecule has 0 aromatic heterocycles. The van der Waals surface area contributed by atoms with Gasteiger partial charge in [-0.15, -0.1) is 0 Å². The molecule has 3 atom stereocenters. The Kier molecular flexibility index (Phi) is 2.94. The lowest BCUT2D eigenvalue weighted by atomic mass is 9.50. The van der Waals surface area contributed by atoms with Gasteiger partial charge in [-0.05, 0) is 19.8 Å². The van der Waals surface area contributed by atoms with Gasteiger partial charge < -0.3 is 14.2 Å². The first-order chi connectivity index (χ1) is 9.07. The summed E-state index contributed by atoms with van der Waals surface area (Å²) < 4.78 is 16.6. The maximum atomic E-state index is 12.0. The molecule has 0 N–H and O–H groups in total. The minimum Gasteiger partial charge on any atom is -0.469 e. The summed E-state index contributed by atoms with van der Waals surface area (Å²) in [4.78, 5) is 24.0. The number of methoxy groups -OCH3 is 1. The van der Waals surface area contributed by atoms with Crippen molar-refractivity contribution < 1.29 is 23.8 Å². The zero-order valence-corrected chi connectivity index (χ0v) is 11.4. The highest BCUT2D eigenvalue weighted by Crippen LogP contribution is 2.68. The van der Waals surface area contributed by atoms with Gasteiger partial charge in [-0.3, -0.25) is 9.59 Å². The van der Waals surface area contributed by atoms with Crippen LogP contribution in [0.3, 0.4) is 0 Å². The van der Waals surface area contributed by atoms with Crippen molar-refractivity contribution in [2.45, 2.75) is 38.4 Å². The van der Waals surface area contributed by atoms with E-state index in [0.717, 1.165) is 19.3 Å². The summed E-state index contributed by atoms with van der Waals surface area (Å²) in [6.45, 7) is 2.69. The number of carbonyl (C=O) groups is 2. The van der Waals surface area contributed by atoms with Crippen molar-refractivity contribution in [3.05, 3.63) is 0 Å². The Hall–Kier alpha value is -0.940. The van der Waals surface area contributed by atoms with Gasteiger partial charge in [0.2, 0.25) is 0 Å². The Labute approximate surface area is 112 Å². The van der Waals surface area contributed by atoms with Crippen LogP contribution in [0, 0.1) is 17.3 Å². The smallest absolute Gasteiger partial charge is 0.309 e. The summed E-state index contributed by atoms with van der Waals surface area (Å²) in [7, 11) is 1.40. The number of esters is 1. The quantitative estimate of drug-likeness (QED) is 0.706. The molecule has 2 saturated carbocycles. The summed E-state index contributed by atoms with van der Waals surface area (Å²) >= 11 is 0. The molecular formula is C14H20O5. The van der Waals surface area contributed by atoms with Crippen LogP contribution in [-0.4, -0.2) is 37.9 Å². The second kappa shape index (κ2) is 4.28. The molecule has 1 saturated heterocycles. The lowest BCUT2D eigenvalue weighted by Crippen LogP contribution is -2.69. The van der Waals surface area contributed by atoms with Gasteiger partial charge in [0.15, 0.2) is 5.79 Å². The van der Waals surface area contributed by atoms with Gasteiger partial charge in [0.05, 0.1) is 26.2 Å². The van der Waals surface area contributed by atoms with Crippen molar-refractivity contribution in [1.29, 1.82) is 0 Å². The molecule has 0 bridgehead atoms. The third kappa shape index (κ3) is 1.48. The molecule has 2 spiro atoms. The van der Waals surface area contributed by atoms with E-state index in [-0.39, 0.29) is 23.6 Å². The molecule has 0 aromatic carbocycles. The van der Waals surface area contributed by atoms with Gasteiger partial charge >= 0.3 is 5.97 Å². The van der Waals surface area contributed by atoms with E-state index in [4.69, 9.17) is 14.2 Å². The lowest BCUT2D eigenvalue weighted by molar-refractivity contribution is -0.332. The van der Waals surface area contributed by atoms with Gasteiger partial charge in [0.25, 0.3) is 0 Å². The van der Waals surface area contributed by atoms with E-state index in [1.54, 1.807) is 6.92 Å². The van der Waals surface area contributed by atoms with Crippen LogP contribution in [0.5, 0.6) is 0 Å². The first kappa shape index (κ1) is 13.1. The molecule has 3 rings (SSSR count). The molecule has 0 aromatic rings. The number of Topliss-reactive ketones (excluding diaryl/α,β-unsaturated/α-hetero) is 1. The van der Waals surface area contributed by atoms with Crippen LogP contribution in [0.2, 0.25) is 0 Å². The minimum atomic E-state index is -0.724. The zero-order chi connectivity index (χ0) is 13.7. The van der Waals surface area contributed by atoms with Gasteiger partial charge in [-0.25, -0.2) is 0 Å². The van der Waals surface area contributed by atoms with E-state index in [2.05, 4.69) is 0 Å². The first-order valence-corrected chi connectivity index (χ1v) is 6.93. The largest absolute Gasteiger partial charge is 0.469 e. The van der Waals surface area contributed by atoms with Crippen molar-refractivity contribution in [3.8, 4) is 0 Å². The molecule has 5 nitrogen and oxygen atoms in total. The van der Waals surface area contributed by atoms with E-state index < -0.39 is 11.2 Å². The van der Waals surface area contributed by atoms with E-state index in [0.29, 0.717) is 19.6 Å². The van der Waals surface area contributed by atoms with Crippen LogP contribution in [0.25, 0.3) is 0 Å². The maximum Gasteiger partial charge on any atom is 0.309 e. The number of ether oxygens (including phenoxy) is 3. The summed E-state index contributed by atoms with van der Waals surface area (Å²) in [5, 5.41) is 0. The summed E-state index contributed by atoms with van der Waals surface area (Å²) in [6, 6.07) is 0. The van der Waals surface area contributed by atoms with E-state index in [9.17, 15) is 9.59 Å². The number of ketones is 1. The molecule has 106 valence electrons. The topological polar surface area (TPSA) is 61.8 Å². The SMILES string of the molecule is COC(=O)[C@@H]1CC2(OCCO2)[C@]12CCC[C@@H]2C(C)=O. The molecule has 3 aliphatic rings. The van der Waals surface area contributed by atoms with Crippen LogP contribution in [0.1, 0.15) is 32.6 Å². The van der Waals surface area contributed by atoms with Crippen molar-refractivity contribution in [3.63, 3.8) is 0 Å². The van der Waals surface area contributed by atoms with Crippen LogP contribution in [0.4, 0.5) is 0 Å². The maximum absolute atomic E-state index is 12.0. The van der Waals surface area contributed by atoms with E-state index >= 15 is 0 Å². The van der Waals surface area contributed by atoms with Crippen LogP contribution < -0.4 is 0 Å². The minimum absolute atomic E-state index is 0.129. The average molecular weight is 268 g/mol. The second-order valence-electron chi connectivity index (χ2n) is 5.83. The zero-order valence-electron chi connectivity index (χ0n) is 11.4. The normalized spacial score (nSPS) is 39.5. The number of hydrogen-bond acceptors (Lipinski definition) is 5. The number of fused-ring (bicyclic) bond motifs is 1. The molecule has 0 amide bonds. The monoisotopic (exact) mass is 268 g/mol. The highest BCUT2D eigenvalue weighted by atomic mass is 16.7. The Morgan fingerprint density at radius 3 is 2.47 bits per heavy atom. The van der Waals surface area contributed by atoms with Gasteiger partial charge in [-0.2, -0.15) is 0 Å². The third-order valence-corrected chi connectivity index (χ3v) is 5.24. The average Bonchev–Trinajstić information content (AvgIpc) is 3.03. The van der Waals surface area contributed by atoms with E-state index in [1.807, 2.05) is 0 Å². The predicted molar refractivity (Wildman–Crippen MR) is 65.2 cm³/mol. The Morgan fingerprint density at radius 1 is 1.21 bits per heavy atom. The number of hydrogen-bond donors (Lipinski definition) is 0. The second-order valence-corrected chi connectivity index (χ2v) is 5.83. The molecular weight excluding hydrogens is 248 g/mol. The third-order valence-electron chi connectivity index (χ3n) is 5.24. The first-order valence-electron chi connectivity index (χ1n) is 6.93. The Bertz CT molecular complexity index is 412. The van der Waals surface area contributed by atoms with Crippen LogP contribution in [0.15, 0.2) is 0 Å². The summed E-state index contributed by atoms with van der Waals surface area (Å²) in [5.74, 6) is -1.25. The number of carbonyl (C=O) groups excluding carboxylic acids is 2. The fourth-order valence-electron chi connectivity index (χ4n) is 4.52. The molecule has 19 heavy (non-hydrogen) atoms. The van der Waals surface area contributed by atoms with Crippen molar-refractivity contribution >= 4 is 11.8 Å². The Balaban J connectivity index is 1.99. The van der Waals surface area contributed by atoms with Gasteiger partial charge in [-0.1, -0.05) is 6.42 Å². The van der Waals surface area contributed by atoms with Crippen molar-refractivity contribution in [1.82, 2.24) is 0 Å². The van der Waals surface area contributed by atoms with E-state index in [1.165, 1.54) is 7.11 Å². The summed E-state index contributed by atoms with van der Waals surface area (Å²) in [6.07, 6.45) is 3.07. The molecule has 2 aliphatic carbocycles. The van der Waals surface area contributed by atoms with Crippen LogP contribution >= 0.6 is 0 Å². The van der Waals surface area contributed by atoms with Crippen LogP contribution in [-0.2, 0) is 23.8 Å². The summed E-state index contributed by atoms with van der Waals surface area (Å²) in [5.41, 5.74) is -0.498. The standard InChI is InChI=1S/C14H20O5/c1-9(15)10-4-3-5-13(10)11(12(16)17-2)8-14(13)18-6-7-19-14/h10-11H,3-8H2,1-2H3/t10-,11+,13+/m1/s1. The molecule has 1 heterocycles. The van der Waals surface area contributed by atoms with Gasteiger partial charge in [0, 0.05) is 17.8 Å². The number of rotatable bonds is 2. The van der Waals surface area contributed by atoms with Gasteiger partial charge in [0.1, 0.15) is 5.78 Å². The molecule has 0 unspecified atom stereocenters. The molecule has 3 fully saturated rings. The highest BCUT2D eigenvalue weighted by molar-refractivity contribution is 5.83. The fraction of sp³-hybridized carbons (Fsp3) is 0.857. The molecule has 1 aliphatic heterocycles. The highest BCUT2D eigenvalue weighted by Gasteiger charge is 2.75. The molecule has 5 heteroatoms. The molecule has 0 radical (unpaired) electrons. The van der Waals surface area contributed by atoms with Crippen molar-refractivity contribution in [2.24, 2.45) is 17.3 Å². The Morgan fingerprint density at radius 2 is 1.89 bits per heavy atom. The lowest BCUT2D eigenvalue weighted by Gasteiger charge is -2.60. The fourth-order valence-corrected chi connectivity index (χ4v) is 4.52.